The Morgan fingerprint density at radius 3 is 2.73 bits per heavy atom. The molecule has 0 amide bonds. The number of aryl methyl sites for hydroxylation is 1. The van der Waals surface area contributed by atoms with Crippen LogP contribution in [0.2, 0.25) is 0 Å². The number of nitrogens with zero attached hydrogens (tertiary/aromatic N) is 2. The van der Waals surface area contributed by atoms with Crippen molar-refractivity contribution in [2.45, 2.75) is 38.3 Å². The van der Waals surface area contributed by atoms with E-state index in [0.29, 0.717) is 6.04 Å². The van der Waals surface area contributed by atoms with Crippen molar-refractivity contribution < 1.29 is 4.74 Å². The lowest BCUT2D eigenvalue weighted by Gasteiger charge is -2.40. The third kappa shape index (κ3) is 2.53. The van der Waals surface area contributed by atoms with Crippen molar-refractivity contribution in [3.05, 3.63) is 65.4 Å². The zero-order valence-electron chi connectivity index (χ0n) is 15.4. The van der Waals surface area contributed by atoms with Crippen molar-refractivity contribution in [2.24, 2.45) is 0 Å². The molecule has 2 aliphatic rings. The number of fused-ring (bicyclic) bond motifs is 3. The van der Waals surface area contributed by atoms with Crippen molar-refractivity contribution in [3.63, 3.8) is 0 Å². The minimum atomic E-state index is 0.596. The molecule has 3 aromatic rings. The first-order valence-corrected chi connectivity index (χ1v) is 9.82. The van der Waals surface area contributed by atoms with E-state index >= 15 is 0 Å². The Labute approximate surface area is 155 Å². The summed E-state index contributed by atoms with van der Waals surface area (Å²) in [6.45, 7) is 3.42. The van der Waals surface area contributed by atoms with Crippen LogP contribution in [0.3, 0.4) is 0 Å². The Kier molecular flexibility index (Phi) is 3.97. The molecule has 134 valence electrons. The van der Waals surface area contributed by atoms with Gasteiger partial charge in [-0.15, -0.1) is 0 Å². The molecule has 26 heavy (non-hydrogen) atoms. The first kappa shape index (κ1) is 16.0. The zero-order valence-corrected chi connectivity index (χ0v) is 15.4. The molecular weight excluding hydrogens is 320 g/mol. The Hall–Kier alpha value is -2.26. The van der Waals surface area contributed by atoms with Gasteiger partial charge in [-0.05, 0) is 55.0 Å². The lowest BCUT2D eigenvalue weighted by molar-refractivity contribution is 0.143. The zero-order chi connectivity index (χ0) is 17.5. The summed E-state index contributed by atoms with van der Waals surface area (Å²) in [7, 11) is 1.72. The smallest absolute Gasteiger partial charge is 0.118 e. The van der Waals surface area contributed by atoms with Crippen LogP contribution in [0.4, 0.5) is 0 Å². The van der Waals surface area contributed by atoms with Gasteiger partial charge in [0.15, 0.2) is 0 Å². The van der Waals surface area contributed by atoms with Gasteiger partial charge in [-0.25, -0.2) is 0 Å². The lowest BCUT2D eigenvalue weighted by Crippen LogP contribution is -2.40. The molecule has 1 aliphatic heterocycles. The molecule has 2 aromatic carbocycles. The quantitative estimate of drug-likeness (QED) is 0.688. The van der Waals surface area contributed by atoms with Crippen LogP contribution in [0.25, 0.3) is 10.9 Å². The maximum Gasteiger partial charge on any atom is 0.118 e. The Morgan fingerprint density at radius 2 is 1.88 bits per heavy atom. The second-order valence-electron chi connectivity index (χ2n) is 7.57. The van der Waals surface area contributed by atoms with Crippen LogP contribution in [0.5, 0.6) is 5.75 Å². The highest BCUT2D eigenvalue weighted by atomic mass is 16.5. The van der Waals surface area contributed by atoms with Crippen molar-refractivity contribution in [1.82, 2.24) is 9.47 Å². The Balaban J connectivity index is 1.41. The first-order chi connectivity index (χ1) is 12.8. The number of aromatic nitrogens is 1. The largest absolute Gasteiger partial charge is 0.497 e. The van der Waals surface area contributed by atoms with Crippen LogP contribution in [-0.2, 0) is 19.4 Å². The van der Waals surface area contributed by atoms with E-state index < -0.39 is 0 Å². The Bertz CT molecular complexity index is 892. The van der Waals surface area contributed by atoms with E-state index in [1.165, 1.54) is 35.7 Å². The van der Waals surface area contributed by atoms with Gasteiger partial charge in [0.25, 0.3) is 0 Å². The topological polar surface area (TPSA) is 17.4 Å². The number of methoxy groups -OCH3 is 1. The fourth-order valence-electron chi connectivity index (χ4n) is 4.96. The molecule has 0 saturated carbocycles. The first-order valence-electron chi connectivity index (χ1n) is 9.82. The van der Waals surface area contributed by atoms with E-state index in [-0.39, 0.29) is 0 Å². The average molecular weight is 346 g/mol. The Morgan fingerprint density at radius 1 is 1.04 bits per heavy atom. The number of benzene rings is 2. The predicted molar refractivity (Wildman–Crippen MR) is 106 cm³/mol. The van der Waals surface area contributed by atoms with E-state index in [1.807, 2.05) is 0 Å². The molecule has 3 nitrogen and oxygen atoms in total. The molecule has 1 atom stereocenters. The normalized spacial score (nSPS) is 19.5. The van der Waals surface area contributed by atoms with Gasteiger partial charge in [0.1, 0.15) is 5.75 Å². The average Bonchev–Trinajstić information content (AvgIpc) is 3.04. The molecule has 0 spiro atoms. The summed E-state index contributed by atoms with van der Waals surface area (Å²) < 4.78 is 7.88. The van der Waals surface area contributed by atoms with E-state index in [2.05, 4.69) is 58.0 Å². The molecule has 0 bridgehead atoms. The standard InChI is InChI=1S/C23H26N2O/c1-26-18-11-9-17(10-12-18)13-14-24-15-16-25-21-7-3-2-5-19(21)20-6-4-8-22(24)23(20)25/h2-3,5,7,9-12,22H,4,6,8,13-16H2,1H3. The van der Waals surface area contributed by atoms with Crippen molar-refractivity contribution >= 4 is 10.9 Å². The maximum absolute atomic E-state index is 5.27. The highest BCUT2D eigenvalue weighted by Gasteiger charge is 2.34. The molecule has 0 fully saturated rings. The van der Waals surface area contributed by atoms with Crippen molar-refractivity contribution in [1.29, 1.82) is 0 Å². The molecule has 0 saturated heterocycles. The van der Waals surface area contributed by atoms with Gasteiger partial charge in [-0.1, -0.05) is 30.3 Å². The van der Waals surface area contributed by atoms with Gasteiger partial charge < -0.3 is 9.30 Å². The van der Waals surface area contributed by atoms with E-state index in [4.69, 9.17) is 4.74 Å². The third-order valence-corrected chi connectivity index (χ3v) is 6.24. The minimum Gasteiger partial charge on any atom is -0.497 e. The minimum absolute atomic E-state index is 0.596. The number of hydrogen-bond donors (Lipinski definition) is 0. The number of para-hydroxylation sites is 1. The number of ether oxygens (including phenoxy) is 1. The lowest BCUT2D eigenvalue weighted by atomic mass is 9.89. The summed E-state index contributed by atoms with van der Waals surface area (Å²) in [5.74, 6) is 0.938. The fraction of sp³-hybridized carbons (Fsp3) is 0.391. The van der Waals surface area contributed by atoms with Gasteiger partial charge in [0, 0.05) is 36.2 Å². The summed E-state index contributed by atoms with van der Waals surface area (Å²) in [6, 6.07) is 18.1. The fourth-order valence-corrected chi connectivity index (χ4v) is 4.96. The second-order valence-corrected chi connectivity index (χ2v) is 7.57. The summed E-state index contributed by atoms with van der Waals surface area (Å²) in [4.78, 5) is 2.72. The van der Waals surface area contributed by atoms with Gasteiger partial charge in [-0.2, -0.15) is 0 Å². The predicted octanol–water partition coefficient (Wildman–Crippen LogP) is 4.59. The van der Waals surface area contributed by atoms with Gasteiger partial charge in [0.2, 0.25) is 0 Å². The second kappa shape index (κ2) is 6.48. The van der Waals surface area contributed by atoms with E-state index in [1.54, 1.807) is 18.4 Å². The molecule has 0 N–H and O–H groups in total. The molecule has 3 heteroatoms. The summed E-state index contributed by atoms with van der Waals surface area (Å²) >= 11 is 0. The number of hydrogen-bond acceptors (Lipinski definition) is 2. The van der Waals surface area contributed by atoms with Crippen LogP contribution >= 0.6 is 0 Å². The molecule has 1 aromatic heterocycles. The molecular formula is C23H26N2O. The van der Waals surface area contributed by atoms with Crippen LogP contribution in [0.15, 0.2) is 48.5 Å². The third-order valence-electron chi connectivity index (χ3n) is 6.24. The summed E-state index contributed by atoms with van der Waals surface area (Å²) in [5.41, 5.74) is 6.07. The van der Waals surface area contributed by atoms with Crippen LogP contribution in [0.1, 0.15) is 35.7 Å². The summed E-state index contributed by atoms with van der Waals surface area (Å²) in [5, 5.41) is 1.49. The van der Waals surface area contributed by atoms with Crippen molar-refractivity contribution in [2.75, 3.05) is 20.2 Å². The van der Waals surface area contributed by atoms with Crippen LogP contribution in [0, 0.1) is 0 Å². The highest BCUT2D eigenvalue weighted by molar-refractivity contribution is 5.86. The van der Waals surface area contributed by atoms with Crippen LogP contribution < -0.4 is 4.74 Å². The van der Waals surface area contributed by atoms with Gasteiger partial charge in [-0.3, -0.25) is 4.90 Å². The number of rotatable bonds is 4. The molecule has 1 aliphatic carbocycles. The van der Waals surface area contributed by atoms with Crippen LogP contribution in [-0.4, -0.2) is 29.7 Å². The van der Waals surface area contributed by atoms with Gasteiger partial charge >= 0.3 is 0 Å². The van der Waals surface area contributed by atoms with E-state index in [9.17, 15) is 0 Å². The maximum atomic E-state index is 5.27. The van der Waals surface area contributed by atoms with Crippen molar-refractivity contribution in [3.8, 4) is 5.75 Å². The molecule has 5 rings (SSSR count). The summed E-state index contributed by atoms with van der Waals surface area (Å²) in [6.07, 6.45) is 4.96. The molecule has 2 heterocycles. The molecule has 1 unspecified atom stereocenters. The van der Waals surface area contributed by atoms with E-state index in [0.717, 1.165) is 31.8 Å². The SMILES string of the molecule is COc1ccc(CCN2CCn3c4c(c5ccccc53)CCCC42)cc1. The highest BCUT2D eigenvalue weighted by Crippen LogP contribution is 2.42. The molecule has 0 radical (unpaired) electrons. The monoisotopic (exact) mass is 346 g/mol. The van der Waals surface area contributed by atoms with Gasteiger partial charge in [0.05, 0.1) is 13.2 Å².